The van der Waals surface area contributed by atoms with Crippen molar-refractivity contribution in [3.05, 3.63) is 89.5 Å². The highest BCUT2D eigenvalue weighted by atomic mass is 19.4. The predicted octanol–water partition coefficient (Wildman–Crippen LogP) is 4.44. The Hall–Kier alpha value is -3.81. The first kappa shape index (κ1) is 19.5. The highest BCUT2D eigenvalue weighted by Crippen LogP contribution is 2.38. The maximum Gasteiger partial charge on any atom is 0.451 e. The van der Waals surface area contributed by atoms with Gasteiger partial charge in [0.05, 0.1) is 0 Å². The van der Waals surface area contributed by atoms with Crippen LogP contribution in [0.2, 0.25) is 0 Å². The summed E-state index contributed by atoms with van der Waals surface area (Å²) in [5.74, 6) is -2.43. The van der Waals surface area contributed by atoms with Crippen molar-refractivity contribution in [1.82, 2.24) is 9.97 Å². The summed E-state index contributed by atoms with van der Waals surface area (Å²) >= 11 is 0. The van der Waals surface area contributed by atoms with Gasteiger partial charge in [0, 0.05) is 35.0 Å². The Labute approximate surface area is 169 Å². The smallest absolute Gasteiger partial charge is 0.322 e. The van der Waals surface area contributed by atoms with Crippen LogP contribution in [0, 0.1) is 0 Å². The maximum absolute atomic E-state index is 12.9. The summed E-state index contributed by atoms with van der Waals surface area (Å²) in [4.78, 5) is 31.7. The largest absolute Gasteiger partial charge is 0.451 e. The molecular formula is C22H14F3N3O2. The van der Waals surface area contributed by atoms with Crippen LogP contribution in [0.5, 0.6) is 0 Å². The first-order valence-corrected chi connectivity index (χ1v) is 8.90. The molecule has 1 heterocycles. The number of fused-ring (bicyclic) bond motifs is 3. The van der Waals surface area contributed by atoms with Crippen molar-refractivity contribution in [2.45, 2.75) is 12.6 Å². The molecule has 0 fully saturated rings. The van der Waals surface area contributed by atoms with Crippen molar-refractivity contribution in [3.8, 4) is 11.1 Å². The molecule has 8 heteroatoms. The highest BCUT2D eigenvalue weighted by molar-refractivity contribution is 6.21. The van der Waals surface area contributed by atoms with Gasteiger partial charge < -0.3 is 5.32 Å². The fourth-order valence-electron chi connectivity index (χ4n) is 3.20. The zero-order chi connectivity index (χ0) is 21.5. The van der Waals surface area contributed by atoms with E-state index in [0.29, 0.717) is 23.2 Å². The van der Waals surface area contributed by atoms with Crippen molar-refractivity contribution in [3.63, 3.8) is 0 Å². The normalized spacial score (nSPS) is 12.3. The number of aromatic nitrogens is 2. The molecule has 0 radical (unpaired) electrons. The summed E-state index contributed by atoms with van der Waals surface area (Å²) in [6, 6.07) is 13.9. The van der Waals surface area contributed by atoms with Crippen molar-refractivity contribution in [1.29, 1.82) is 0 Å². The fourth-order valence-corrected chi connectivity index (χ4v) is 3.20. The molecule has 2 aromatic carbocycles. The molecule has 0 saturated heterocycles. The van der Waals surface area contributed by atoms with Crippen molar-refractivity contribution < 1.29 is 22.8 Å². The number of halogens is 3. The molecule has 1 N–H and O–H groups in total. The van der Waals surface area contributed by atoms with Crippen LogP contribution in [0.15, 0.2) is 66.9 Å². The number of hydrogen-bond donors (Lipinski definition) is 1. The molecule has 0 bridgehead atoms. The van der Waals surface area contributed by atoms with Crippen LogP contribution in [0.4, 0.5) is 18.9 Å². The summed E-state index contributed by atoms with van der Waals surface area (Å²) in [7, 11) is 0. The minimum atomic E-state index is -4.75. The lowest BCUT2D eigenvalue weighted by Gasteiger charge is -2.09. The number of hydrogen-bond acceptors (Lipinski definition) is 4. The van der Waals surface area contributed by atoms with E-state index in [1.54, 1.807) is 12.1 Å². The lowest BCUT2D eigenvalue weighted by Crippen LogP contribution is -2.15. The van der Waals surface area contributed by atoms with E-state index in [4.69, 9.17) is 0 Å². The van der Waals surface area contributed by atoms with E-state index in [9.17, 15) is 22.8 Å². The third-order valence-corrected chi connectivity index (χ3v) is 4.65. The first-order valence-electron chi connectivity index (χ1n) is 8.90. The van der Waals surface area contributed by atoms with E-state index in [0.717, 1.165) is 11.8 Å². The quantitative estimate of drug-likeness (QED) is 0.506. The van der Waals surface area contributed by atoms with Gasteiger partial charge in [0.25, 0.3) is 5.91 Å². The van der Waals surface area contributed by atoms with Crippen LogP contribution in [0.3, 0.4) is 0 Å². The fraction of sp³-hybridized carbons (Fsp3) is 0.0909. The van der Waals surface area contributed by atoms with Crippen molar-refractivity contribution in [2.24, 2.45) is 0 Å². The molecule has 1 aliphatic rings. The number of rotatable bonds is 4. The van der Waals surface area contributed by atoms with Crippen LogP contribution in [0.25, 0.3) is 11.1 Å². The molecule has 1 aliphatic carbocycles. The predicted molar refractivity (Wildman–Crippen MR) is 104 cm³/mol. The summed E-state index contributed by atoms with van der Waals surface area (Å²) in [5, 5.41) is 2.67. The SMILES string of the molecule is C=C(Cc1ccccc1)C(=O)Nc1ccc2c(c1)C(=O)c1nc(C(F)(F)F)ncc1-2. The number of amides is 1. The van der Waals surface area contributed by atoms with Gasteiger partial charge in [-0.3, -0.25) is 9.59 Å². The summed E-state index contributed by atoms with van der Waals surface area (Å²) < 4.78 is 38.6. The molecule has 0 spiro atoms. The average Bonchev–Trinajstić information content (AvgIpc) is 2.99. The second kappa shape index (κ2) is 7.22. The summed E-state index contributed by atoms with van der Waals surface area (Å²) in [6.07, 6.45) is -3.39. The van der Waals surface area contributed by atoms with Crippen molar-refractivity contribution in [2.75, 3.05) is 5.32 Å². The number of nitrogens with one attached hydrogen (secondary N) is 1. The number of anilines is 1. The molecule has 1 aromatic heterocycles. The number of carbonyl (C=O) groups excluding carboxylic acids is 2. The second-order valence-corrected chi connectivity index (χ2v) is 6.76. The molecular weight excluding hydrogens is 395 g/mol. The molecule has 4 rings (SSSR count). The van der Waals surface area contributed by atoms with Crippen molar-refractivity contribution >= 4 is 17.4 Å². The van der Waals surface area contributed by atoms with Crippen LogP contribution in [-0.4, -0.2) is 21.7 Å². The molecule has 30 heavy (non-hydrogen) atoms. The molecule has 0 aliphatic heterocycles. The topological polar surface area (TPSA) is 72.0 Å². The lowest BCUT2D eigenvalue weighted by atomic mass is 10.0. The molecule has 0 unspecified atom stereocenters. The van der Waals surface area contributed by atoms with Gasteiger partial charge in [-0.25, -0.2) is 9.97 Å². The lowest BCUT2D eigenvalue weighted by molar-refractivity contribution is -0.145. The third-order valence-electron chi connectivity index (χ3n) is 4.65. The minimum absolute atomic E-state index is 0.157. The van der Waals surface area contributed by atoms with Gasteiger partial charge in [-0.05, 0) is 23.3 Å². The molecule has 3 aromatic rings. The van der Waals surface area contributed by atoms with E-state index < -0.39 is 23.7 Å². The van der Waals surface area contributed by atoms with Gasteiger partial charge in [-0.2, -0.15) is 13.2 Å². The minimum Gasteiger partial charge on any atom is -0.322 e. The monoisotopic (exact) mass is 409 g/mol. The van der Waals surface area contributed by atoms with Gasteiger partial charge in [0.15, 0.2) is 0 Å². The van der Waals surface area contributed by atoms with Gasteiger partial charge in [-0.15, -0.1) is 0 Å². The van der Waals surface area contributed by atoms with E-state index in [-0.39, 0.29) is 16.8 Å². The zero-order valence-electron chi connectivity index (χ0n) is 15.5. The number of carbonyl (C=O) groups is 2. The second-order valence-electron chi connectivity index (χ2n) is 6.76. The molecule has 1 amide bonds. The number of benzene rings is 2. The Morgan fingerprint density at radius 1 is 1.03 bits per heavy atom. The molecule has 150 valence electrons. The zero-order valence-corrected chi connectivity index (χ0v) is 15.5. The number of ketones is 1. The maximum atomic E-state index is 12.9. The van der Waals surface area contributed by atoms with Crippen LogP contribution >= 0.6 is 0 Å². The summed E-state index contributed by atoms with van der Waals surface area (Å²) in [6.45, 7) is 3.79. The van der Waals surface area contributed by atoms with Gasteiger partial charge in [-0.1, -0.05) is 43.0 Å². The first-order chi connectivity index (χ1) is 14.2. The third kappa shape index (κ3) is 3.59. The molecule has 0 atom stereocenters. The average molecular weight is 409 g/mol. The molecule has 0 saturated carbocycles. The summed E-state index contributed by atoms with van der Waals surface area (Å²) in [5.41, 5.74) is 2.10. The Morgan fingerprint density at radius 2 is 1.77 bits per heavy atom. The highest BCUT2D eigenvalue weighted by Gasteiger charge is 2.38. The van der Waals surface area contributed by atoms with E-state index in [1.165, 1.54) is 6.07 Å². The van der Waals surface area contributed by atoms with E-state index in [1.807, 2.05) is 30.3 Å². The number of nitrogens with zero attached hydrogens (tertiary/aromatic N) is 2. The standard InChI is InChI=1S/C22H14F3N3O2/c1-12(9-13-5-3-2-4-6-13)20(30)27-14-7-8-15-16(10-14)19(29)18-17(15)11-26-21(28-18)22(23,24)25/h2-8,10-11H,1,9H2,(H,27,30). The van der Waals surface area contributed by atoms with E-state index >= 15 is 0 Å². The van der Waals surface area contributed by atoms with Crippen LogP contribution in [-0.2, 0) is 17.4 Å². The van der Waals surface area contributed by atoms with E-state index in [2.05, 4.69) is 21.9 Å². The van der Waals surface area contributed by atoms with Gasteiger partial charge in [0.1, 0.15) is 5.69 Å². The molecule has 5 nitrogen and oxygen atoms in total. The van der Waals surface area contributed by atoms with Crippen LogP contribution in [0.1, 0.15) is 27.4 Å². The van der Waals surface area contributed by atoms with Crippen LogP contribution < -0.4 is 5.32 Å². The Morgan fingerprint density at radius 3 is 2.47 bits per heavy atom. The van der Waals surface area contributed by atoms with Gasteiger partial charge in [0.2, 0.25) is 11.6 Å². The van der Waals surface area contributed by atoms with Gasteiger partial charge >= 0.3 is 6.18 Å². The Balaban J connectivity index is 1.55. The Kier molecular flexibility index (Phi) is 4.69. The number of alkyl halides is 3. The Bertz CT molecular complexity index is 1190.